The maximum Gasteiger partial charge on any atom is 0.331 e. The third-order valence-electron chi connectivity index (χ3n) is 5.18. The highest BCUT2D eigenvalue weighted by Gasteiger charge is 2.19. The largest absolute Gasteiger partial charge is 0.478 e. The predicted octanol–water partition coefficient (Wildman–Crippen LogP) is 6.04. The Kier molecular flexibility index (Phi) is 14.0. The first-order chi connectivity index (χ1) is 13.6. The molecule has 0 aromatic rings. The van der Waals surface area contributed by atoms with E-state index in [1.807, 2.05) is 0 Å². The average molecular weight is 390 g/mol. The van der Waals surface area contributed by atoms with Gasteiger partial charge in [-0.2, -0.15) is 0 Å². The van der Waals surface area contributed by atoms with Gasteiger partial charge in [0.1, 0.15) is 0 Å². The molecule has 4 heteroatoms. The average Bonchev–Trinajstić information content (AvgIpc) is 2.70. The third kappa shape index (κ3) is 11.8. The number of aliphatic carboxylic acids is 1. The fourth-order valence-corrected chi connectivity index (χ4v) is 3.34. The number of hydrogen-bond donors (Lipinski definition) is 1. The van der Waals surface area contributed by atoms with Crippen molar-refractivity contribution in [3.8, 4) is 0 Å². The van der Waals surface area contributed by atoms with Gasteiger partial charge in [0.25, 0.3) is 0 Å². The Hall–Kier alpha value is -1.84. The Labute approximate surface area is 171 Å². The number of carboxylic acids is 1. The lowest BCUT2D eigenvalue weighted by molar-refractivity contribution is -0.135. The monoisotopic (exact) mass is 389 g/mol. The van der Waals surface area contributed by atoms with E-state index in [0.717, 1.165) is 25.7 Å². The van der Waals surface area contributed by atoms with E-state index in [1.165, 1.54) is 44.9 Å². The molecule has 1 N–H and O–H groups in total. The van der Waals surface area contributed by atoms with Crippen molar-refractivity contribution < 1.29 is 14.7 Å². The van der Waals surface area contributed by atoms with Crippen LogP contribution >= 0.6 is 0 Å². The lowest BCUT2D eigenvalue weighted by Crippen LogP contribution is -2.35. The van der Waals surface area contributed by atoms with Crippen molar-refractivity contribution in [3.05, 3.63) is 36.0 Å². The Balaban J connectivity index is 1.93. The SMILES string of the molecule is CCCCCC=CCC=CCCCCCCCC(=O)N1CC=C(C(=O)O)CC1. The predicted molar refractivity (Wildman–Crippen MR) is 116 cm³/mol. The molecule has 28 heavy (non-hydrogen) atoms. The zero-order chi connectivity index (χ0) is 20.5. The van der Waals surface area contributed by atoms with Crippen LogP contribution in [0, 0.1) is 0 Å². The molecule has 0 spiro atoms. The molecule has 1 heterocycles. The summed E-state index contributed by atoms with van der Waals surface area (Å²) in [5.74, 6) is -0.702. The second-order valence-electron chi connectivity index (χ2n) is 7.61. The molecule has 4 nitrogen and oxygen atoms in total. The van der Waals surface area contributed by atoms with Crippen molar-refractivity contribution in [1.29, 1.82) is 0 Å². The number of hydrogen-bond acceptors (Lipinski definition) is 2. The molecule has 1 aliphatic heterocycles. The van der Waals surface area contributed by atoms with E-state index in [1.54, 1.807) is 11.0 Å². The molecule has 0 aromatic heterocycles. The summed E-state index contributed by atoms with van der Waals surface area (Å²) in [4.78, 5) is 24.8. The van der Waals surface area contributed by atoms with Gasteiger partial charge in [-0.05, 0) is 44.9 Å². The Morgan fingerprint density at radius 2 is 1.61 bits per heavy atom. The van der Waals surface area contributed by atoms with Gasteiger partial charge >= 0.3 is 5.97 Å². The Bertz CT molecular complexity index is 534. The van der Waals surface area contributed by atoms with Gasteiger partial charge in [-0.1, -0.05) is 69.4 Å². The van der Waals surface area contributed by atoms with Crippen LogP contribution in [0.1, 0.15) is 90.4 Å². The summed E-state index contributed by atoms with van der Waals surface area (Å²) in [5, 5.41) is 8.94. The second-order valence-corrected chi connectivity index (χ2v) is 7.61. The highest BCUT2D eigenvalue weighted by molar-refractivity contribution is 5.87. The Morgan fingerprint density at radius 3 is 2.21 bits per heavy atom. The molecule has 0 radical (unpaired) electrons. The summed E-state index contributed by atoms with van der Waals surface area (Å²) in [6.45, 7) is 3.22. The smallest absolute Gasteiger partial charge is 0.331 e. The van der Waals surface area contributed by atoms with Crippen molar-refractivity contribution in [2.75, 3.05) is 13.1 Å². The van der Waals surface area contributed by atoms with E-state index in [4.69, 9.17) is 5.11 Å². The van der Waals surface area contributed by atoms with Crippen LogP contribution < -0.4 is 0 Å². The maximum absolute atomic E-state index is 12.1. The first-order valence-electron chi connectivity index (χ1n) is 11.1. The molecule has 1 aliphatic rings. The molecule has 0 saturated heterocycles. The Morgan fingerprint density at radius 1 is 0.964 bits per heavy atom. The van der Waals surface area contributed by atoms with Gasteiger partial charge in [-0.15, -0.1) is 0 Å². The van der Waals surface area contributed by atoms with Gasteiger partial charge in [-0.25, -0.2) is 4.79 Å². The first-order valence-corrected chi connectivity index (χ1v) is 11.1. The first kappa shape index (κ1) is 24.2. The minimum atomic E-state index is -0.860. The lowest BCUT2D eigenvalue weighted by atomic mass is 10.1. The van der Waals surface area contributed by atoms with Crippen LogP contribution in [0.25, 0.3) is 0 Å². The quantitative estimate of drug-likeness (QED) is 0.274. The number of carbonyl (C=O) groups is 2. The van der Waals surface area contributed by atoms with Crippen LogP contribution in [0.4, 0.5) is 0 Å². The van der Waals surface area contributed by atoms with E-state index in [-0.39, 0.29) is 5.91 Å². The zero-order valence-electron chi connectivity index (χ0n) is 17.7. The second kappa shape index (κ2) is 16.1. The van der Waals surface area contributed by atoms with Crippen LogP contribution in [0.5, 0.6) is 0 Å². The molecule has 0 unspecified atom stereocenters. The number of rotatable bonds is 15. The van der Waals surface area contributed by atoms with Crippen LogP contribution in [-0.4, -0.2) is 35.0 Å². The zero-order valence-corrected chi connectivity index (χ0v) is 17.7. The fourth-order valence-electron chi connectivity index (χ4n) is 3.34. The summed E-state index contributed by atoms with van der Waals surface area (Å²) >= 11 is 0. The molecule has 0 aromatic carbocycles. The van der Waals surface area contributed by atoms with Crippen molar-refractivity contribution in [2.45, 2.75) is 90.4 Å². The van der Waals surface area contributed by atoms with Crippen LogP contribution in [0.15, 0.2) is 36.0 Å². The summed E-state index contributed by atoms with van der Waals surface area (Å²) in [7, 11) is 0. The summed E-state index contributed by atoms with van der Waals surface area (Å²) in [6.07, 6.45) is 24.8. The molecular weight excluding hydrogens is 350 g/mol. The molecule has 158 valence electrons. The minimum Gasteiger partial charge on any atom is -0.478 e. The van der Waals surface area contributed by atoms with Gasteiger partial charge in [0.2, 0.25) is 5.91 Å². The number of amides is 1. The number of unbranched alkanes of at least 4 members (excludes halogenated alkanes) is 8. The van der Waals surface area contributed by atoms with Crippen molar-refractivity contribution in [3.63, 3.8) is 0 Å². The van der Waals surface area contributed by atoms with Gasteiger partial charge in [0, 0.05) is 25.1 Å². The van der Waals surface area contributed by atoms with E-state index >= 15 is 0 Å². The van der Waals surface area contributed by atoms with Crippen molar-refractivity contribution >= 4 is 11.9 Å². The molecule has 0 saturated carbocycles. The molecule has 0 aliphatic carbocycles. The molecule has 0 fully saturated rings. The number of carbonyl (C=O) groups excluding carboxylic acids is 1. The van der Waals surface area contributed by atoms with Crippen molar-refractivity contribution in [1.82, 2.24) is 4.90 Å². The highest BCUT2D eigenvalue weighted by Crippen LogP contribution is 2.14. The summed E-state index contributed by atoms with van der Waals surface area (Å²) in [6, 6.07) is 0. The maximum atomic E-state index is 12.1. The van der Waals surface area contributed by atoms with Gasteiger partial charge in [0.05, 0.1) is 0 Å². The van der Waals surface area contributed by atoms with E-state index in [0.29, 0.717) is 31.5 Å². The van der Waals surface area contributed by atoms with E-state index < -0.39 is 5.97 Å². The molecular formula is C24H39NO3. The van der Waals surface area contributed by atoms with Crippen LogP contribution in [0.2, 0.25) is 0 Å². The third-order valence-corrected chi connectivity index (χ3v) is 5.18. The van der Waals surface area contributed by atoms with Crippen LogP contribution in [-0.2, 0) is 9.59 Å². The topological polar surface area (TPSA) is 57.6 Å². The summed E-state index contributed by atoms with van der Waals surface area (Å²) in [5.41, 5.74) is 0.432. The number of allylic oxidation sites excluding steroid dienone is 4. The van der Waals surface area contributed by atoms with E-state index in [9.17, 15) is 9.59 Å². The number of nitrogens with zero attached hydrogens (tertiary/aromatic N) is 1. The molecule has 1 rings (SSSR count). The number of carboxylic acid groups (broad SMARTS) is 1. The standard InChI is InChI=1S/C24H39NO3/c1-2-3-4-5-6-7-8-9-10-11-12-13-14-15-16-17-23(26)25-20-18-22(19-21-25)24(27)28/h6-7,9-10,18H,2-5,8,11-17,19-21H2,1H3,(H,27,28). The van der Waals surface area contributed by atoms with Crippen LogP contribution in [0.3, 0.4) is 0 Å². The molecule has 1 amide bonds. The molecule has 0 bridgehead atoms. The normalized spacial score (nSPS) is 14.8. The van der Waals surface area contributed by atoms with Gasteiger partial charge < -0.3 is 10.0 Å². The van der Waals surface area contributed by atoms with Gasteiger partial charge in [0.15, 0.2) is 0 Å². The summed E-state index contributed by atoms with van der Waals surface area (Å²) < 4.78 is 0. The fraction of sp³-hybridized carbons (Fsp3) is 0.667. The lowest BCUT2D eigenvalue weighted by Gasteiger charge is -2.25. The van der Waals surface area contributed by atoms with E-state index in [2.05, 4.69) is 31.2 Å². The highest BCUT2D eigenvalue weighted by atomic mass is 16.4. The van der Waals surface area contributed by atoms with Crippen molar-refractivity contribution in [2.24, 2.45) is 0 Å². The minimum absolute atomic E-state index is 0.159. The molecule has 0 atom stereocenters. The van der Waals surface area contributed by atoms with Gasteiger partial charge in [-0.3, -0.25) is 4.79 Å².